The monoisotopic (exact) mass is 652 g/mol. The number of hydrogen-bond acceptors (Lipinski definition) is 5. The number of anilines is 1. The van der Waals surface area contributed by atoms with Crippen LogP contribution in [0.25, 0.3) is 70.7 Å². The average Bonchev–Trinajstić information content (AvgIpc) is 3.60. The number of nitrogens with zero attached hydrogens (tertiary/aromatic N) is 2. The summed E-state index contributed by atoms with van der Waals surface area (Å²) in [6.45, 7) is 5.98. The van der Waals surface area contributed by atoms with E-state index in [4.69, 9.17) is 9.40 Å². The number of hydrogen-bond donors (Lipinski definition) is 0. The fourth-order valence-electron chi connectivity index (χ4n) is 6.74. The van der Waals surface area contributed by atoms with Crippen molar-refractivity contribution in [3.63, 3.8) is 0 Å². The Labute approximate surface area is 288 Å². The molecule has 4 nitrogen and oxygen atoms in total. The fourth-order valence-corrected chi connectivity index (χ4v) is 7.89. The minimum atomic E-state index is -0.403. The zero-order valence-corrected chi connectivity index (χ0v) is 28.1. The largest absolute Gasteiger partial charge is 0.422 e. The smallest absolute Gasteiger partial charge is 0.346 e. The number of rotatable bonds is 8. The van der Waals surface area contributed by atoms with Gasteiger partial charge in [0.15, 0.2) is 0 Å². The maximum atomic E-state index is 13.8. The molecule has 0 radical (unpaired) electrons. The molecule has 0 spiro atoms. The SMILES string of the molecule is CCN(CC)c1ccc2cc(-c3nc4c(-c5ccccc5)c(-c5ccccc5)c(-c5ccccc5)c(C5=CC=C=C=C5)c4s3)c(=O)oc2c1. The van der Waals surface area contributed by atoms with E-state index in [1.807, 2.05) is 48.6 Å². The van der Waals surface area contributed by atoms with Crippen molar-refractivity contribution < 1.29 is 4.42 Å². The van der Waals surface area contributed by atoms with E-state index >= 15 is 0 Å². The lowest BCUT2D eigenvalue weighted by Crippen LogP contribution is -2.21. The summed E-state index contributed by atoms with van der Waals surface area (Å²) in [5.41, 5.74) is 17.2. The van der Waals surface area contributed by atoms with Gasteiger partial charge in [-0.05, 0) is 78.1 Å². The van der Waals surface area contributed by atoms with Crippen LogP contribution in [0.1, 0.15) is 19.4 Å². The van der Waals surface area contributed by atoms with Gasteiger partial charge in [0, 0.05) is 46.9 Å². The second kappa shape index (κ2) is 12.9. The summed E-state index contributed by atoms with van der Waals surface area (Å²) >= 11 is 1.53. The molecule has 236 valence electrons. The molecule has 0 atom stereocenters. The predicted molar refractivity (Wildman–Crippen MR) is 205 cm³/mol. The molecule has 0 saturated heterocycles. The third-order valence-electron chi connectivity index (χ3n) is 9.05. The van der Waals surface area contributed by atoms with Crippen LogP contribution in [-0.4, -0.2) is 18.1 Å². The van der Waals surface area contributed by atoms with Gasteiger partial charge in [0.2, 0.25) is 0 Å². The van der Waals surface area contributed by atoms with Crippen molar-refractivity contribution in [1.82, 2.24) is 4.98 Å². The Morgan fingerprint density at radius 3 is 1.92 bits per heavy atom. The van der Waals surface area contributed by atoms with E-state index in [0.717, 1.165) is 78.9 Å². The Bertz CT molecular complexity index is 2550. The minimum absolute atomic E-state index is 0.403. The van der Waals surface area contributed by atoms with Crippen LogP contribution >= 0.6 is 11.3 Å². The van der Waals surface area contributed by atoms with Crippen molar-refractivity contribution in [2.24, 2.45) is 0 Å². The van der Waals surface area contributed by atoms with Crippen LogP contribution in [0.3, 0.4) is 0 Å². The lowest BCUT2D eigenvalue weighted by Gasteiger charge is -2.22. The average molecular weight is 653 g/mol. The second-order valence-corrected chi connectivity index (χ2v) is 12.9. The Morgan fingerprint density at radius 2 is 1.33 bits per heavy atom. The molecule has 49 heavy (non-hydrogen) atoms. The first-order chi connectivity index (χ1) is 24.1. The summed E-state index contributed by atoms with van der Waals surface area (Å²) in [7, 11) is 0. The van der Waals surface area contributed by atoms with Crippen molar-refractivity contribution >= 4 is 43.8 Å². The van der Waals surface area contributed by atoms with Crippen LogP contribution in [0.5, 0.6) is 0 Å². The number of fused-ring (bicyclic) bond motifs is 2. The minimum Gasteiger partial charge on any atom is -0.422 e. The Morgan fingerprint density at radius 1 is 0.714 bits per heavy atom. The maximum Gasteiger partial charge on any atom is 0.346 e. The van der Waals surface area contributed by atoms with Crippen LogP contribution in [0, 0.1) is 0 Å². The van der Waals surface area contributed by atoms with Gasteiger partial charge in [-0.2, -0.15) is 0 Å². The van der Waals surface area contributed by atoms with E-state index in [1.165, 1.54) is 11.3 Å². The first kappa shape index (κ1) is 30.4. The number of thiazole rings is 1. The quantitative estimate of drug-likeness (QED) is 0.121. The van der Waals surface area contributed by atoms with Crippen LogP contribution in [0.4, 0.5) is 5.69 Å². The highest BCUT2D eigenvalue weighted by Gasteiger charge is 2.28. The molecule has 0 bridgehead atoms. The summed E-state index contributed by atoms with van der Waals surface area (Å²) in [5, 5.41) is 1.48. The Hall–Kier alpha value is -5.96. The van der Waals surface area contributed by atoms with Gasteiger partial charge >= 0.3 is 5.63 Å². The molecule has 1 aliphatic carbocycles. The van der Waals surface area contributed by atoms with Crippen molar-refractivity contribution in [2.75, 3.05) is 18.0 Å². The first-order valence-electron chi connectivity index (χ1n) is 16.5. The summed E-state index contributed by atoms with van der Waals surface area (Å²) < 4.78 is 7.00. The van der Waals surface area contributed by atoms with E-state index in [2.05, 4.69) is 115 Å². The molecule has 7 aromatic rings. The van der Waals surface area contributed by atoms with Gasteiger partial charge in [0.05, 0.1) is 15.8 Å². The highest BCUT2D eigenvalue weighted by Crippen LogP contribution is 2.51. The van der Waals surface area contributed by atoms with Gasteiger partial charge in [-0.1, -0.05) is 102 Å². The number of aromatic nitrogens is 1. The molecule has 0 amide bonds. The molecule has 0 saturated carbocycles. The summed E-state index contributed by atoms with van der Waals surface area (Å²) in [4.78, 5) is 21.4. The third kappa shape index (κ3) is 5.47. The molecular formula is C44H32N2O2S. The number of benzene rings is 5. The van der Waals surface area contributed by atoms with Crippen LogP contribution in [0.2, 0.25) is 0 Å². The van der Waals surface area contributed by atoms with E-state index < -0.39 is 5.63 Å². The van der Waals surface area contributed by atoms with E-state index in [0.29, 0.717) is 16.2 Å². The van der Waals surface area contributed by atoms with E-state index in [1.54, 1.807) is 0 Å². The molecule has 8 rings (SSSR count). The Kier molecular flexibility index (Phi) is 8.01. The first-order valence-corrected chi connectivity index (χ1v) is 17.3. The van der Waals surface area contributed by atoms with Gasteiger partial charge in [0.25, 0.3) is 0 Å². The molecule has 2 heterocycles. The van der Waals surface area contributed by atoms with Crippen molar-refractivity contribution in [2.45, 2.75) is 13.8 Å². The molecule has 2 aromatic heterocycles. The van der Waals surface area contributed by atoms with Crippen LogP contribution in [0.15, 0.2) is 154 Å². The topological polar surface area (TPSA) is 46.3 Å². The predicted octanol–water partition coefficient (Wildman–Crippen LogP) is 11.2. The third-order valence-corrected chi connectivity index (χ3v) is 10.2. The van der Waals surface area contributed by atoms with Gasteiger partial charge < -0.3 is 9.32 Å². The van der Waals surface area contributed by atoms with Gasteiger partial charge in [-0.15, -0.1) is 11.3 Å². The number of allylic oxidation sites excluding steroid dienone is 4. The molecule has 1 aliphatic rings. The van der Waals surface area contributed by atoms with Crippen LogP contribution in [-0.2, 0) is 0 Å². The molecule has 0 N–H and O–H groups in total. The van der Waals surface area contributed by atoms with Crippen molar-refractivity contribution in [1.29, 1.82) is 0 Å². The zero-order chi connectivity index (χ0) is 33.3. The fraction of sp³-hybridized carbons (Fsp3) is 0.0909. The molecule has 0 unspecified atom stereocenters. The highest BCUT2D eigenvalue weighted by molar-refractivity contribution is 7.22. The van der Waals surface area contributed by atoms with Gasteiger partial charge in [0.1, 0.15) is 10.6 Å². The van der Waals surface area contributed by atoms with Crippen LogP contribution < -0.4 is 10.5 Å². The van der Waals surface area contributed by atoms with Gasteiger partial charge in [-0.25, -0.2) is 9.78 Å². The standard InChI is InChI=1S/C44H32N2O2S/c1-3-46(4-2)34-26-25-33-27-35(44(47)48-36(33)28-34)43-45-41-39(31-21-13-7-14-22-31)37(29-17-9-5-10-18-29)38(30-19-11-6-12-20-30)40(42(41)49-43)32-23-15-8-16-24-32/h5-7,9-15,17-28H,3-4H2,1-2H3. The summed E-state index contributed by atoms with van der Waals surface area (Å²) in [5.74, 6) is 0. The maximum absolute atomic E-state index is 13.8. The van der Waals surface area contributed by atoms with Crippen molar-refractivity contribution in [3.8, 4) is 44.0 Å². The van der Waals surface area contributed by atoms with Gasteiger partial charge in [-0.3, -0.25) is 0 Å². The lowest BCUT2D eigenvalue weighted by molar-refractivity contribution is 0.563. The normalized spacial score (nSPS) is 12.2. The zero-order valence-electron chi connectivity index (χ0n) is 27.2. The lowest BCUT2D eigenvalue weighted by atomic mass is 9.81. The molecular weight excluding hydrogens is 621 g/mol. The summed E-state index contributed by atoms with van der Waals surface area (Å²) in [6.07, 6.45) is 5.96. The molecule has 5 aromatic carbocycles. The van der Waals surface area contributed by atoms with E-state index in [-0.39, 0.29) is 0 Å². The Balaban J connectivity index is 1.49. The highest BCUT2D eigenvalue weighted by atomic mass is 32.1. The summed E-state index contributed by atoms with van der Waals surface area (Å²) in [6, 6.07) is 39.5. The second-order valence-electron chi connectivity index (χ2n) is 11.9. The van der Waals surface area contributed by atoms with Crippen molar-refractivity contribution in [3.05, 3.63) is 161 Å². The molecule has 0 fully saturated rings. The molecule has 0 aliphatic heterocycles. The van der Waals surface area contributed by atoms with E-state index in [9.17, 15) is 4.79 Å². The molecule has 5 heteroatoms.